The first-order valence-corrected chi connectivity index (χ1v) is 4.43. The summed E-state index contributed by atoms with van der Waals surface area (Å²) in [4.78, 5) is 0. The van der Waals surface area contributed by atoms with Crippen LogP contribution in [0.5, 0.6) is 0 Å². The van der Waals surface area contributed by atoms with Gasteiger partial charge < -0.3 is 4.74 Å². The second kappa shape index (κ2) is 3.91. The topological polar surface area (TPSA) is 9.23 Å². The van der Waals surface area contributed by atoms with Crippen molar-refractivity contribution in [2.75, 3.05) is 7.11 Å². The highest BCUT2D eigenvalue weighted by atomic mass is 16.5. The van der Waals surface area contributed by atoms with Crippen LogP contribution in [-0.2, 0) is 4.74 Å². The molecule has 0 saturated heterocycles. The molecule has 0 aliphatic heterocycles. The lowest BCUT2D eigenvalue weighted by Crippen LogP contribution is -2.22. The fraction of sp³-hybridized carbons (Fsp3) is 0.800. The average Bonchev–Trinajstić information content (AvgIpc) is 2.03. The monoisotopic (exact) mass is 154 g/mol. The third kappa shape index (κ3) is 2.33. The van der Waals surface area contributed by atoms with E-state index in [1.54, 1.807) is 7.11 Å². The molecule has 0 amide bonds. The summed E-state index contributed by atoms with van der Waals surface area (Å²) in [6, 6.07) is 0. The molecule has 1 aliphatic carbocycles. The Morgan fingerprint density at radius 1 is 1.64 bits per heavy atom. The molecule has 1 heteroatoms. The molecule has 0 heterocycles. The summed E-state index contributed by atoms with van der Waals surface area (Å²) >= 11 is 0. The van der Waals surface area contributed by atoms with Crippen molar-refractivity contribution in [2.24, 2.45) is 5.92 Å². The standard InChI is InChI=1S/C10H18O/c1-8-5-4-6-10(7-8)9(2)11-3/h9-10H,1,4-7H2,2-3H3. The first-order valence-electron chi connectivity index (χ1n) is 4.43. The minimum Gasteiger partial charge on any atom is -0.381 e. The van der Waals surface area contributed by atoms with Crippen molar-refractivity contribution in [1.82, 2.24) is 0 Å². The van der Waals surface area contributed by atoms with Crippen LogP contribution in [0.25, 0.3) is 0 Å². The zero-order chi connectivity index (χ0) is 8.27. The number of methoxy groups -OCH3 is 1. The summed E-state index contributed by atoms with van der Waals surface area (Å²) in [5, 5.41) is 0. The van der Waals surface area contributed by atoms with E-state index in [4.69, 9.17) is 4.74 Å². The maximum absolute atomic E-state index is 5.30. The number of hydrogen-bond acceptors (Lipinski definition) is 1. The van der Waals surface area contributed by atoms with E-state index in [1.165, 1.54) is 31.3 Å². The molecule has 2 unspecified atom stereocenters. The van der Waals surface area contributed by atoms with E-state index in [9.17, 15) is 0 Å². The molecular weight excluding hydrogens is 136 g/mol. The average molecular weight is 154 g/mol. The zero-order valence-corrected chi connectivity index (χ0v) is 7.60. The van der Waals surface area contributed by atoms with Crippen molar-refractivity contribution in [2.45, 2.75) is 38.7 Å². The number of ether oxygens (including phenoxy) is 1. The molecule has 0 spiro atoms. The van der Waals surface area contributed by atoms with Gasteiger partial charge in [-0.05, 0) is 38.5 Å². The Balaban J connectivity index is 2.39. The number of allylic oxidation sites excluding steroid dienone is 1. The van der Waals surface area contributed by atoms with E-state index >= 15 is 0 Å². The van der Waals surface area contributed by atoms with Crippen LogP contribution in [-0.4, -0.2) is 13.2 Å². The molecule has 11 heavy (non-hydrogen) atoms. The summed E-state index contributed by atoms with van der Waals surface area (Å²) < 4.78 is 5.30. The van der Waals surface area contributed by atoms with Gasteiger partial charge in [-0.2, -0.15) is 0 Å². The molecule has 0 bridgehead atoms. The van der Waals surface area contributed by atoms with Gasteiger partial charge >= 0.3 is 0 Å². The van der Waals surface area contributed by atoms with Crippen LogP contribution in [0.4, 0.5) is 0 Å². The minimum absolute atomic E-state index is 0.409. The van der Waals surface area contributed by atoms with Gasteiger partial charge in [0.05, 0.1) is 6.10 Å². The summed E-state index contributed by atoms with van der Waals surface area (Å²) in [5.74, 6) is 0.723. The zero-order valence-electron chi connectivity index (χ0n) is 7.60. The number of rotatable bonds is 2. The molecule has 0 aromatic carbocycles. The third-order valence-electron chi connectivity index (χ3n) is 2.69. The summed E-state index contributed by atoms with van der Waals surface area (Å²) in [6.45, 7) is 6.18. The fourth-order valence-electron chi connectivity index (χ4n) is 1.78. The molecule has 1 nitrogen and oxygen atoms in total. The molecule has 2 atom stereocenters. The lowest BCUT2D eigenvalue weighted by atomic mass is 9.83. The summed E-state index contributed by atoms with van der Waals surface area (Å²) in [7, 11) is 1.79. The predicted molar refractivity (Wildman–Crippen MR) is 47.6 cm³/mol. The van der Waals surface area contributed by atoms with Crippen LogP contribution in [0.2, 0.25) is 0 Å². The molecule has 64 valence electrons. The van der Waals surface area contributed by atoms with Gasteiger partial charge in [0, 0.05) is 7.11 Å². The van der Waals surface area contributed by atoms with Crippen LogP contribution in [0, 0.1) is 5.92 Å². The highest BCUT2D eigenvalue weighted by Crippen LogP contribution is 2.30. The van der Waals surface area contributed by atoms with E-state index in [2.05, 4.69) is 13.5 Å². The number of hydrogen-bond donors (Lipinski definition) is 0. The van der Waals surface area contributed by atoms with Gasteiger partial charge in [0.1, 0.15) is 0 Å². The maximum atomic E-state index is 5.30. The smallest absolute Gasteiger partial charge is 0.0574 e. The highest BCUT2D eigenvalue weighted by molar-refractivity contribution is 5.00. The van der Waals surface area contributed by atoms with Crippen molar-refractivity contribution in [1.29, 1.82) is 0 Å². The molecule has 1 rings (SSSR count). The normalized spacial score (nSPS) is 28.5. The molecule has 1 aliphatic rings. The quantitative estimate of drug-likeness (QED) is 0.556. The molecule has 0 radical (unpaired) electrons. The first-order chi connectivity index (χ1) is 5.24. The molecule has 1 saturated carbocycles. The minimum atomic E-state index is 0.409. The highest BCUT2D eigenvalue weighted by Gasteiger charge is 2.20. The van der Waals surface area contributed by atoms with Gasteiger partial charge in [-0.25, -0.2) is 0 Å². The van der Waals surface area contributed by atoms with Crippen molar-refractivity contribution < 1.29 is 4.74 Å². The van der Waals surface area contributed by atoms with Crippen LogP contribution < -0.4 is 0 Å². The summed E-state index contributed by atoms with van der Waals surface area (Å²) in [6.07, 6.45) is 5.43. The molecule has 0 aromatic rings. The second-order valence-electron chi connectivity index (χ2n) is 3.55. The Labute approximate surface area is 69.4 Å². The van der Waals surface area contributed by atoms with Gasteiger partial charge in [0.25, 0.3) is 0 Å². The van der Waals surface area contributed by atoms with Crippen molar-refractivity contribution in [3.05, 3.63) is 12.2 Å². The summed E-state index contributed by atoms with van der Waals surface area (Å²) in [5.41, 5.74) is 1.41. The Morgan fingerprint density at radius 2 is 2.36 bits per heavy atom. The van der Waals surface area contributed by atoms with Crippen molar-refractivity contribution >= 4 is 0 Å². The van der Waals surface area contributed by atoms with Gasteiger partial charge in [-0.1, -0.05) is 12.2 Å². The lowest BCUT2D eigenvalue weighted by molar-refractivity contribution is 0.0580. The third-order valence-corrected chi connectivity index (χ3v) is 2.69. The molecule has 1 fully saturated rings. The largest absolute Gasteiger partial charge is 0.381 e. The molecule has 0 N–H and O–H groups in total. The Hall–Kier alpha value is -0.300. The Morgan fingerprint density at radius 3 is 2.91 bits per heavy atom. The van der Waals surface area contributed by atoms with E-state index in [1.807, 2.05) is 0 Å². The van der Waals surface area contributed by atoms with Gasteiger partial charge in [0.2, 0.25) is 0 Å². The van der Waals surface area contributed by atoms with E-state index in [0.29, 0.717) is 6.10 Å². The van der Waals surface area contributed by atoms with Gasteiger partial charge in [-0.15, -0.1) is 0 Å². The Bertz CT molecular complexity index is 140. The molecule has 0 aromatic heterocycles. The SMILES string of the molecule is C=C1CCCC(C(C)OC)C1. The fourth-order valence-corrected chi connectivity index (χ4v) is 1.78. The van der Waals surface area contributed by atoms with E-state index in [0.717, 1.165) is 5.92 Å². The van der Waals surface area contributed by atoms with Gasteiger partial charge in [0.15, 0.2) is 0 Å². The van der Waals surface area contributed by atoms with Gasteiger partial charge in [-0.3, -0.25) is 0 Å². The predicted octanol–water partition coefficient (Wildman–Crippen LogP) is 2.77. The van der Waals surface area contributed by atoms with E-state index < -0.39 is 0 Å². The first kappa shape index (κ1) is 8.79. The van der Waals surface area contributed by atoms with Crippen LogP contribution in [0.15, 0.2) is 12.2 Å². The molecular formula is C10H18O. The lowest BCUT2D eigenvalue weighted by Gasteiger charge is -2.27. The van der Waals surface area contributed by atoms with Crippen LogP contribution in [0.1, 0.15) is 32.6 Å². The van der Waals surface area contributed by atoms with Crippen LogP contribution >= 0.6 is 0 Å². The Kier molecular flexibility index (Phi) is 3.13. The van der Waals surface area contributed by atoms with E-state index in [-0.39, 0.29) is 0 Å². The van der Waals surface area contributed by atoms with Crippen molar-refractivity contribution in [3.63, 3.8) is 0 Å². The van der Waals surface area contributed by atoms with Crippen LogP contribution in [0.3, 0.4) is 0 Å². The maximum Gasteiger partial charge on any atom is 0.0574 e. The second-order valence-corrected chi connectivity index (χ2v) is 3.55. The van der Waals surface area contributed by atoms with Crippen molar-refractivity contribution in [3.8, 4) is 0 Å².